The maximum atomic E-state index is 12.9. The third-order valence-corrected chi connectivity index (χ3v) is 5.89. The summed E-state index contributed by atoms with van der Waals surface area (Å²) in [6, 6.07) is 4.73. The molecule has 3 rings (SSSR count). The molecule has 154 valence electrons. The fourth-order valence-corrected chi connectivity index (χ4v) is 4.63. The van der Waals surface area contributed by atoms with Crippen LogP contribution in [-0.2, 0) is 4.79 Å². The molecule has 2 unspecified atom stereocenters. The van der Waals surface area contributed by atoms with E-state index in [2.05, 4.69) is 0 Å². The average Bonchev–Trinajstić information content (AvgIpc) is 2.88. The van der Waals surface area contributed by atoms with E-state index in [9.17, 15) is 15.0 Å². The fourth-order valence-electron chi connectivity index (χ4n) is 4.12. The van der Waals surface area contributed by atoms with Crippen LogP contribution in [0.4, 0.5) is 0 Å². The first-order chi connectivity index (χ1) is 13.2. The molecule has 0 bridgehead atoms. The number of nitrogens with zero attached hydrogens (tertiary/aromatic N) is 2. The van der Waals surface area contributed by atoms with Crippen molar-refractivity contribution in [3.8, 4) is 5.75 Å². The molecule has 1 saturated carbocycles. The highest BCUT2D eigenvalue weighted by atomic mass is 35.5. The van der Waals surface area contributed by atoms with Crippen LogP contribution in [0.3, 0.4) is 0 Å². The van der Waals surface area contributed by atoms with Crippen LogP contribution in [-0.4, -0.2) is 59.0 Å². The van der Waals surface area contributed by atoms with Gasteiger partial charge in [-0.3, -0.25) is 4.79 Å². The van der Waals surface area contributed by atoms with E-state index in [0.717, 1.165) is 32.1 Å². The van der Waals surface area contributed by atoms with Crippen LogP contribution in [0.1, 0.15) is 32.1 Å². The topological polar surface area (TPSA) is 73.2 Å². The van der Waals surface area contributed by atoms with Gasteiger partial charge in [0, 0.05) is 36.8 Å². The molecule has 28 heavy (non-hydrogen) atoms. The Morgan fingerprint density at radius 2 is 1.79 bits per heavy atom. The summed E-state index contributed by atoms with van der Waals surface area (Å²) in [4.78, 5) is 16.0. The SMILES string of the molecule is CN(C)C(=O)C1(CN2C(O)C=C(Oc3cc(Cl)cc(Cl)c3)C2O)CCCCC1. The summed E-state index contributed by atoms with van der Waals surface area (Å²) in [5.74, 6) is 0.588. The van der Waals surface area contributed by atoms with Crippen molar-refractivity contribution in [1.29, 1.82) is 0 Å². The van der Waals surface area contributed by atoms with E-state index in [1.165, 1.54) is 11.0 Å². The third-order valence-electron chi connectivity index (χ3n) is 5.45. The Bertz CT molecular complexity index is 742. The van der Waals surface area contributed by atoms with Crippen molar-refractivity contribution < 1.29 is 19.7 Å². The Labute approximate surface area is 175 Å². The number of amides is 1. The summed E-state index contributed by atoms with van der Waals surface area (Å²) < 4.78 is 5.73. The maximum Gasteiger partial charge on any atom is 0.229 e. The average molecular weight is 429 g/mol. The van der Waals surface area contributed by atoms with Crippen LogP contribution < -0.4 is 4.74 Å². The van der Waals surface area contributed by atoms with Crippen molar-refractivity contribution in [1.82, 2.24) is 9.80 Å². The Morgan fingerprint density at radius 1 is 1.18 bits per heavy atom. The first kappa shape index (κ1) is 21.4. The minimum Gasteiger partial charge on any atom is -0.458 e. The summed E-state index contributed by atoms with van der Waals surface area (Å²) in [6.07, 6.45) is 3.70. The number of aliphatic hydroxyl groups is 2. The number of rotatable bonds is 5. The molecule has 1 aliphatic heterocycles. The molecule has 1 aliphatic carbocycles. The normalized spacial score (nSPS) is 24.7. The molecule has 0 spiro atoms. The van der Waals surface area contributed by atoms with Crippen LogP contribution in [0.15, 0.2) is 30.0 Å². The molecule has 2 aliphatic rings. The number of halogens is 2. The van der Waals surface area contributed by atoms with Crippen molar-refractivity contribution in [3.05, 3.63) is 40.1 Å². The Hall–Kier alpha value is -1.31. The third kappa shape index (κ3) is 4.47. The molecule has 8 heteroatoms. The summed E-state index contributed by atoms with van der Waals surface area (Å²) >= 11 is 12.0. The molecular weight excluding hydrogens is 403 g/mol. The summed E-state index contributed by atoms with van der Waals surface area (Å²) in [5, 5.41) is 22.1. The van der Waals surface area contributed by atoms with Crippen LogP contribution in [0.2, 0.25) is 10.0 Å². The Balaban J connectivity index is 1.77. The van der Waals surface area contributed by atoms with Gasteiger partial charge in [0.25, 0.3) is 0 Å². The van der Waals surface area contributed by atoms with E-state index in [-0.39, 0.29) is 18.2 Å². The van der Waals surface area contributed by atoms with Crippen molar-refractivity contribution in [3.63, 3.8) is 0 Å². The largest absolute Gasteiger partial charge is 0.458 e. The summed E-state index contributed by atoms with van der Waals surface area (Å²) in [5.41, 5.74) is -0.619. The van der Waals surface area contributed by atoms with Gasteiger partial charge >= 0.3 is 0 Å². The number of carbonyl (C=O) groups is 1. The highest BCUT2D eigenvalue weighted by Crippen LogP contribution is 2.40. The van der Waals surface area contributed by atoms with Gasteiger partial charge in [-0.15, -0.1) is 0 Å². The van der Waals surface area contributed by atoms with Crippen molar-refractivity contribution >= 4 is 29.1 Å². The lowest BCUT2D eigenvalue weighted by molar-refractivity contribution is -0.148. The monoisotopic (exact) mass is 428 g/mol. The summed E-state index contributed by atoms with van der Waals surface area (Å²) in [6.45, 7) is 0.256. The zero-order chi connectivity index (χ0) is 20.5. The number of hydrogen-bond acceptors (Lipinski definition) is 5. The standard InChI is InChI=1S/C20H26Cl2N2O4/c1-23(2)19(27)20(6-4-3-5-7-20)12-24-17(25)11-16(18(24)26)28-15-9-13(21)8-14(22)10-15/h8-11,17-18,25-26H,3-7,12H2,1-2H3. The summed E-state index contributed by atoms with van der Waals surface area (Å²) in [7, 11) is 3.48. The van der Waals surface area contributed by atoms with Gasteiger partial charge in [0.1, 0.15) is 17.7 Å². The zero-order valence-electron chi connectivity index (χ0n) is 16.1. The molecule has 1 heterocycles. The second-order valence-electron chi connectivity index (χ2n) is 7.78. The number of ether oxygens (including phenoxy) is 1. The maximum absolute atomic E-state index is 12.9. The van der Waals surface area contributed by atoms with E-state index in [1.54, 1.807) is 37.2 Å². The second-order valence-corrected chi connectivity index (χ2v) is 8.65. The van der Waals surface area contributed by atoms with Crippen LogP contribution in [0.5, 0.6) is 5.75 Å². The minimum absolute atomic E-state index is 0.0302. The first-order valence-corrected chi connectivity index (χ1v) is 10.2. The molecule has 1 fully saturated rings. The highest BCUT2D eigenvalue weighted by Gasteiger charge is 2.46. The van der Waals surface area contributed by atoms with E-state index in [4.69, 9.17) is 27.9 Å². The Kier molecular flexibility index (Phi) is 6.57. The number of carbonyl (C=O) groups excluding carboxylic acids is 1. The Morgan fingerprint density at radius 3 is 2.36 bits per heavy atom. The number of benzene rings is 1. The highest BCUT2D eigenvalue weighted by molar-refractivity contribution is 6.34. The van der Waals surface area contributed by atoms with E-state index < -0.39 is 17.9 Å². The van der Waals surface area contributed by atoms with Gasteiger partial charge in [0.2, 0.25) is 5.91 Å². The van der Waals surface area contributed by atoms with Gasteiger partial charge in [-0.25, -0.2) is 4.90 Å². The zero-order valence-corrected chi connectivity index (χ0v) is 17.6. The van der Waals surface area contributed by atoms with E-state index in [1.807, 2.05) is 0 Å². The van der Waals surface area contributed by atoms with E-state index in [0.29, 0.717) is 15.8 Å². The smallest absolute Gasteiger partial charge is 0.229 e. The molecular formula is C20H26Cl2N2O4. The molecule has 0 saturated heterocycles. The fraction of sp³-hybridized carbons (Fsp3) is 0.550. The van der Waals surface area contributed by atoms with Gasteiger partial charge in [-0.2, -0.15) is 0 Å². The van der Waals surface area contributed by atoms with Crippen molar-refractivity contribution in [2.45, 2.75) is 44.6 Å². The van der Waals surface area contributed by atoms with Gasteiger partial charge in [-0.05, 0) is 31.0 Å². The van der Waals surface area contributed by atoms with Crippen LogP contribution in [0, 0.1) is 5.41 Å². The molecule has 2 atom stereocenters. The molecule has 2 N–H and O–H groups in total. The van der Waals surface area contributed by atoms with Gasteiger partial charge in [-0.1, -0.05) is 42.5 Å². The van der Waals surface area contributed by atoms with Gasteiger partial charge in [0.15, 0.2) is 6.23 Å². The molecule has 0 aromatic heterocycles. The van der Waals surface area contributed by atoms with E-state index >= 15 is 0 Å². The predicted molar refractivity (Wildman–Crippen MR) is 108 cm³/mol. The van der Waals surface area contributed by atoms with Crippen LogP contribution >= 0.6 is 23.2 Å². The minimum atomic E-state index is -1.17. The molecule has 1 aromatic rings. The number of hydrogen-bond donors (Lipinski definition) is 2. The lowest BCUT2D eigenvalue weighted by Crippen LogP contribution is -2.52. The second kappa shape index (κ2) is 8.59. The molecule has 6 nitrogen and oxygen atoms in total. The lowest BCUT2D eigenvalue weighted by atomic mass is 9.72. The van der Waals surface area contributed by atoms with Crippen molar-refractivity contribution in [2.24, 2.45) is 5.41 Å². The van der Waals surface area contributed by atoms with Gasteiger partial charge in [0.05, 0.1) is 5.41 Å². The predicted octanol–water partition coefficient (Wildman–Crippen LogP) is 3.25. The molecule has 1 amide bonds. The number of aliphatic hydroxyl groups excluding tert-OH is 2. The van der Waals surface area contributed by atoms with Crippen LogP contribution in [0.25, 0.3) is 0 Å². The lowest BCUT2D eigenvalue weighted by Gasteiger charge is -2.41. The molecule has 0 radical (unpaired) electrons. The quantitative estimate of drug-likeness (QED) is 0.752. The first-order valence-electron chi connectivity index (χ1n) is 9.41. The van der Waals surface area contributed by atoms with Gasteiger partial charge < -0.3 is 19.8 Å². The van der Waals surface area contributed by atoms with Crippen molar-refractivity contribution in [2.75, 3.05) is 20.6 Å². The molecule has 1 aromatic carbocycles.